The first-order chi connectivity index (χ1) is 3.33. The molecule has 0 aliphatic carbocycles. The molecular weight excluding hydrogens is 91.1 g/mol. The van der Waals surface area contributed by atoms with Crippen LogP contribution in [0.2, 0.25) is 0 Å². The molecule has 1 heteroatoms. The molecule has 0 aromatic rings. The first kappa shape index (κ1) is 9.65. The van der Waals surface area contributed by atoms with Gasteiger partial charge in [0.15, 0.2) is 0 Å². The minimum atomic E-state index is 0.250. The van der Waals surface area contributed by atoms with Crippen LogP contribution < -0.4 is 0 Å². The van der Waals surface area contributed by atoms with Gasteiger partial charge < -0.3 is 0 Å². The Kier molecular flexibility index (Phi) is 25.0. The molecule has 0 aromatic heterocycles. The zero-order valence-electron chi connectivity index (χ0n) is 4.82. The lowest BCUT2D eigenvalue weighted by Crippen LogP contribution is -1.26. The Hall–Kier alpha value is -0.590. The van der Waals surface area contributed by atoms with Gasteiger partial charge in [-0.2, -0.15) is 0 Å². The lowest BCUT2D eigenvalue weighted by molar-refractivity contribution is 0.725. The fourth-order valence-corrected chi connectivity index (χ4v) is 0. The van der Waals surface area contributed by atoms with Crippen LogP contribution in [0.15, 0.2) is 25.1 Å². The van der Waals surface area contributed by atoms with Gasteiger partial charge in [0.1, 0.15) is 0 Å². The van der Waals surface area contributed by atoms with Gasteiger partial charge in [-0.3, -0.25) is 0 Å². The molecule has 0 nitrogen and oxygen atoms in total. The van der Waals surface area contributed by atoms with Gasteiger partial charge in [0.2, 0.25) is 0 Å². The van der Waals surface area contributed by atoms with E-state index in [1.165, 1.54) is 0 Å². The minimum Gasteiger partial charge on any atom is -0.216 e. The summed E-state index contributed by atoms with van der Waals surface area (Å²) >= 11 is 0. The van der Waals surface area contributed by atoms with E-state index in [9.17, 15) is 4.39 Å². The van der Waals surface area contributed by atoms with Crippen LogP contribution in [0.5, 0.6) is 0 Å². The normalized spacial score (nSPS) is 7.29. The van der Waals surface area contributed by atoms with Gasteiger partial charge >= 0.3 is 0 Å². The van der Waals surface area contributed by atoms with Crippen molar-refractivity contribution in [3.63, 3.8) is 0 Å². The third-order valence-corrected chi connectivity index (χ3v) is 0.333. The zero-order valence-corrected chi connectivity index (χ0v) is 4.82. The molecule has 0 aliphatic rings. The van der Waals surface area contributed by atoms with E-state index in [0.717, 1.165) is 0 Å². The Morgan fingerprint density at radius 1 is 1.29 bits per heavy atom. The fraction of sp³-hybridized carbons (Fsp3) is 0.333. The highest BCUT2D eigenvalue weighted by molar-refractivity contribution is 4.68. The summed E-state index contributed by atoms with van der Waals surface area (Å²) in [5.41, 5.74) is 0. The molecule has 42 valence electrons. The number of hydrogen-bond donors (Lipinski definition) is 0. The molecule has 0 radical (unpaired) electrons. The lowest BCUT2D eigenvalue weighted by atomic mass is 10.6. The van der Waals surface area contributed by atoms with Crippen molar-refractivity contribution >= 4 is 0 Å². The van der Waals surface area contributed by atoms with Crippen LogP contribution >= 0.6 is 0 Å². The van der Waals surface area contributed by atoms with Gasteiger partial charge in [-0.15, -0.1) is 0 Å². The molecular formula is C6H11F. The second kappa shape index (κ2) is 18.1. The second-order valence-electron chi connectivity index (χ2n) is 0.821. The minimum absolute atomic E-state index is 0.250. The van der Waals surface area contributed by atoms with Crippen molar-refractivity contribution in [3.8, 4) is 0 Å². The predicted octanol–water partition coefficient (Wildman–Crippen LogP) is 2.68. The molecule has 0 aliphatic heterocycles. The van der Waals surface area contributed by atoms with Crippen molar-refractivity contribution in [2.24, 2.45) is 0 Å². The fourth-order valence-electron chi connectivity index (χ4n) is 0. The number of allylic oxidation sites excluding steroid dienone is 2. The van der Waals surface area contributed by atoms with Crippen LogP contribution in [0.4, 0.5) is 4.39 Å². The molecule has 0 rings (SSSR count). The topological polar surface area (TPSA) is 0 Å². The Balaban J connectivity index is 0. The van der Waals surface area contributed by atoms with Crippen LogP contribution in [0.3, 0.4) is 0 Å². The SMILES string of the molecule is C=CF.CC=CC. The van der Waals surface area contributed by atoms with Gasteiger partial charge in [0.05, 0.1) is 6.33 Å². The highest BCUT2D eigenvalue weighted by Crippen LogP contribution is 1.57. The summed E-state index contributed by atoms with van der Waals surface area (Å²) in [5.74, 6) is 0. The quantitative estimate of drug-likeness (QED) is 0.412. The standard InChI is InChI=1S/C4H8.C2H3F/c1-3-4-2;1-2-3/h3-4H,1-2H3;2H,1H2. The van der Waals surface area contributed by atoms with Gasteiger partial charge in [-0.05, 0) is 13.8 Å². The van der Waals surface area contributed by atoms with E-state index in [2.05, 4.69) is 6.58 Å². The third-order valence-electron chi connectivity index (χ3n) is 0.333. The molecule has 0 fully saturated rings. The highest BCUT2D eigenvalue weighted by Gasteiger charge is 1.34. The third kappa shape index (κ3) is 374. The molecule has 0 amide bonds. The van der Waals surface area contributed by atoms with E-state index >= 15 is 0 Å². The number of halogens is 1. The summed E-state index contributed by atoms with van der Waals surface area (Å²) in [6, 6.07) is 0. The lowest BCUT2D eigenvalue weighted by Gasteiger charge is -1.49. The van der Waals surface area contributed by atoms with E-state index in [-0.39, 0.29) is 6.33 Å². The van der Waals surface area contributed by atoms with Crippen molar-refractivity contribution in [2.75, 3.05) is 0 Å². The maximum Gasteiger partial charge on any atom is 0.0795 e. The van der Waals surface area contributed by atoms with Crippen molar-refractivity contribution in [1.82, 2.24) is 0 Å². The summed E-state index contributed by atoms with van der Waals surface area (Å²) in [7, 11) is 0. The Labute approximate surface area is 44.4 Å². The van der Waals surface area contributed by atoms with Crippen LogP contribution in [0.1, 0.15) is 13.8 Å². The average Bonchev–Trinajstić information content (AvgIpc) is 1.69. The zero-order chi connectivity index (χ0) is 6.12. The Morgan fingerprint density at radius 2 is 1.43 bits per heavy atom. The summed E-state index contributed by atoms with van der Waals surface area (Å²) in [6.45, 7) is 6.69. The second-order valence-corrected chi connectivity index (χ2v) is 0.821. The maximum atomic E-state index is 10.1. The maximum absolute atomic E-state index is 10.1. The first-order valence-electron chi connectivity index (χ1n) is 2.11. The molecule has 0 saturated heterocycles. The van der Waals surface area contributed by atoms with Crippen LogP contribution in [-0.2, 0) is 0 Å². The van der Waals surface area contributed by atoms with E-state index in [1.807, 2.05) is 26.0 Å². The monoisotopic (exact) mass is 102 g/mol. The average molecular weight is 102 g/mol. The van der Waals surface area contributed by atoms with Crippen LogP contribution in [0.25, 0.3) is 0 Å². The van der Waals surface area contributed by atoms with Crippen molar-refractivity contribution < 1.29 is 4.39 Å². The highest BCUT2D eigenvalue weighted by atomic mass is 19.1. The van der Waals surface area contributed by atoms with Gasteiger partial charge in [-0.25, -0.2) is 4.39 Å². The van der Waals surface area contributed by atoms with Gasteiger partial charge in [0, 0.05) is 0 Å². The summed E-state index contributed by atoms with van der Waals surface area (Å²) in [4.78, 5) is 0. The van der Waals surface area contributed by atoms with E-state index in [0.29, 0.717) is 0 Å². The van der Waals surface area contributed by atoms with E-state index in [4.69, 9.17) is 0 Å². The molecule has 0 atom stereocenters. The first-order valence-corrected chi connectivity index (χ1v) is 2.11. The largest absolute Gasteiger partial charge is 0.216 e. The summed E-state index contributed by atoms with van der Waals surface area (Å²) in [6.07, 6.45) is 4.25. The number of hydrogen-bond acceptors (Lipinski definition) is 0. The molecule has 0 saturated carbocycles. The van der Waals surface area contributed by atoms with Crippen LogP contribution in [0, 0.1) is 0 Å². The van der Waals surface area contributed by atoms with Crippen LogP contribution in [-0.4, -0.2) is 0 Å². The molecule has 0 unspecified atom stereocenters. The molecule has 0 heterocycles. The van der Waals surface area contributed by atoms with E-state index < -0.39 is 0 Å². The molecule has 7 heavy (non-hydrogen) atoms. The number of rotatable bonds is 0. The predicted molar refractivity (Wildman–Crippen MR) is 31.8 cm³/mol. The molecule has 0 N–H and O–H groups in total. The Bertz CT molecular complexity index is 42.1. The molecule has 0 spiro atoms. The van der Waals surface area contributed by atoms with Gasteiger partial charge in [-0.1, -0.05) is 18.7 Å². The van der Waals surface area contributed by atoms with Crippen molar-refractivity contribution in [1.29, 1.82) is 0 Å². The summed E-state index contributed by atoms with van der Waals surface area (Å²) in [5, 5.41) is 0. The smallest absolute Gasteiger partial charge is 0.0795 e. The van der Waals surface area contributed by atoms with Crippen molar-refractivity contribution in [3.05, 3.63) is 25.1 Å². The molecule has 0 aromatic carbocycles. The van der Waals surface area contributed by atoms with E-state index in [1.54, 1.807) is 0 Å². The van der Waals surface area contributed by atoms with Gasteiger partial charge in [0.25, 0.3) is 0 Å². The van der Waals surface area contributed by atoms with Crippen molar-refractivity contribution in [2.45, 2.75) is 13.8 Å². The summed E-state index contributed by atoms with van der Waals surface area (Å²) < 4.78 is 10.1. The molecule has 0 bridgehead atoms. The Morgan fingerprint density at radius 3 is 1.43 bits per heavy atom.